The molecule has 29 heavy (non-hydrogen) atoms. The van der Waals surface area contributed by atoms with Crippen LogP contribution in [0.3, 0.4) is 0 Å². The Morgan fingerprint density at radius 1 is 1.00 bits per heavy atom. The molecule has 0 fully saturated rings. The van der Waals surface area contributed by atoms with Gasteiger partial charge in [0, 0.05) is 29.5 Å². The largest absolute Gasteiger partial charge is 0.315 e. The fourth-order valence-corrected chi connectivity index (χ4v) is 3.82. The number of carbonyl (C=O) groups is 1. The zero-order valence-corrected chi connectivity index (χ0v) is 17.7. The first-order valence-electron chi connectivity index (χ1n) is 8.87. The molecule has 0 radical (unpaired) electrons. The van der Waals surface area contributed by atoms with E-state index in [1.165, 1.54) is 0 Å². The van der Waals surface area contributed by atoms with Crippen LogP contribution in [0.2, 0.25) is 15.1 Å². The predicted octanol–water partition coefficient (Wildman–Crippen LogP) is 6.17. The number of nitrogens with zero attached hydrogens (tertiary/aromatic N) is 3. The molecule has 2 aromatic carbocycles. The molecular formula is C22H16Cl3N3O. The number of fused-ring (bicyclic) bond motifs is 1. The van der Waals surface area contributed by atoms with Crippen molar-refractivity contribution in [3.63, 3.8) is 0 Å². The number of likely N-dealkylation sites (N-methyl/N-ethyl adjacent to an activating group) is 1. The summed E-state index contributed by atoms with van der Waals surface area (Å²) in [7, 11) is 1.75. The van der Waals surface area contributed by atoms with Gasteiger partial charge < -0.3 is 9.30 Å². The van der Waals surface area contributed by atoms with Gasteiger partial charge in [0.05, 0.1) is 27.9 Å². The molecule has 0 spiro atoms. The van der Waals surface area contributed by atoms with Crippen molar-refractivity contribution in [2.45, 2.75) is 6.42 Å². The van der Waals surface area contributed by atoms with Crippen LogP contribution in [0.5, 0.6) is 0 Å². The molecule has 7 heteroatoms. The molecule has 0 atom stereocenters. The molecule has 0 saturated carbocycles. The lowest BCUT2D eigenvalue weighted by Gasteiger charge is -2.17. The number of rotatable bonds is 4. The van der Waals surface area contributed by atoms with E-state index in [0.29, 0.717) is 32.1 Å². The molecule has 0 N–H and O–H groups in total. The summed E-state index contributed by atoms with van der Waals surface area (Å²) in [5, 5.41) is 1.51. The van der Waals surface area contributed by atoms with Crippen molar-refractivity contribution in [3.05, 3.63) is 87.6 Å². The van der Waals surface area contributed by atoms with Crippen LogP contribution in [0.1, 0.15) is 5.69 Å². The van der Waals surface area contributed by atoms with E-state index in [0.717, 1.165) is 11.3 Å². The number of anilines is 1. The van der Waals surface area contributed by atoms with Gasteiger partial charge in [0.1, 0.15) is 0 Å². The minimum absolute atomic E-state index is 0.0793. The zero-order valence-electron chi connectivity index (χ0n) is 15.4. The summed E-state index contributed by atoms with van der Waals surface area (Å²) in [4.78, 5) is 19.4. The molecule has 1 amide bonds. The van der Waals surface area contributed by atoms with Gasteiger partial charge in [0.15, 0.2) is 5.65 Å². The monoisotopic (exact) mass is 442 g/mol. The summed E-state index contributed by atoms with van der Waals surface area (Å²) in [5.41, 5.74) is 3.58. The molecule has 2 aromatic heterocycles. The Hall–Kier alpha value is -2.53. The number of imidazole rings is 1. The Balaban J connectivity index is 1.82. The van der Waals surface area contributed by atoms with Crippen molar-refractivity contribution in [1.29, 1.82) is 0 Å². The van der Waals surface area contributed by atoms with Crippen molar-refractivity contribution in [2.24, 2.45) is 0 Å². The highest BCUT2D eigenvalue weighted by molar-refractivity contribution is 6.36. The molecule has 146 valence electrons. The fourth-order valence-electron chi connectivity index (χ4n) is 3.19. The summed E-state index contributed by atoms with van der Waals surface area (Å²) in [6, 6.07) is 18.4. The standard InChI is InChI=1S/C22H16Cl3N3O/c1-27(17-5-3-2-4-6-17)20(29)12-19-21(14-7-9-15(23)10-8-14)26-22-18(25)11-16(24)13-28(19)22/h2-11,13H,12H2,1H3/i1-1. The first kappa shape index (κ1) is 19.8. The van der Waals surface area contributed by atoms with Crippen LogP contribution in [0.25, 0.3) is 16.9 Å². The number of halogens is 3. The van der Waals surface area contributed by atoms with Crippen LogP contribution in [-0.4, -0.2) is 22.3 Å². The number of carbonyl (C=O) groups excluding carboxylic acids is 1. The number of hydrogen-bond donors (Lipinski definition) is 0. The smallest absolute Gasteiger partial charge is 0.232 e. The summed E-state index contributed by atoms with van der Waals surface area (Å²) in [5.74, 6) is -0.0793. The van der Waals surface area contributed by atoms with Crippen LogP contribution in [-0.2, 0) is 11.2 Å². The summed E-state index contributed by atoms with van der Waals surface area (Å²) in [6.07, 6.45) is 1.85. The fraction of sp³-hybridized carbons (Fsp3) is 0.0909. The number of hydrogen-bond acceptors (Lipinski definition) is 2. The lowest BCUT2D eigenvalue weighted by atomic mass is 10.1. The summed E-state index contributed by atoms with van der Waals surface area (Å²) < 4.78 is 1.78. The predicted molar refractivity (Wildman–Crippen MR) is 119 cm³/mol. The molecule has 0 bridgehead atoms. The molecule has 2 heterocycles. The van der Waals surface area contributed by atoms with Gasteiger partial charge in [-0.05, 0) is 30.3 Å². The second-order valence-corrected chi connectivity index (χ2v) is 7.86. The van der Waals surface area contributed by atoms with Crippen LogP contribution in [0.15, 0.2) is 66.9 Å². The van der Waals surface area contributed by atoms with Crippen LogP contribution in [0, 0.1) is 0 Å². The second kappa shape index (κ2) is 8.07. The quantitative estimate of drug-likeness (QED) is 0.378. The maximum Gasteiger partial charge on any atom is 0.232 e. The summed E-state index contributed by atoms with van der Waals surface area (Å²) >= 11 is 18.6. The maximum atomic E-state index is 13.1. The second-order valence-electron chi connectivity index (χ2n) is 6.58. The highest BCUT2D eigenvalue weighted by atomic mass is 35.5. The van der Waals surface area contributed by atoms with E-state index in [1.807, 2.05) is 42.5 Å². The number of amides is 1. The van der Waals surface area contributed by atoms with Crippen LogP contribution < -0.4 is 4.90 Å². The van der Waals surface area contributed by atoms with Gasteiger partial charge in [-0.1, -0.05) is 65.1 Å². The molecule has 0 saturated heterocycles. The van der Waals surface area contributed by atoms with E-state index in [-0.39, 0.29) is 12.3 Å². The van der Waals surface area contributed by atoms with Gasteiger partial charge in [-0.3, -0.25) is 4.79 Å². The number of pyridine rings is 1. The third kappa shape index (κ3) is 3.97. The number of aromatic nitrogens is 2. The SMILES string of the molecule is [11CH3]N(C(=O)Cc1c(-c2ccc(Cl)cc2)nc2c(Cl)cc(Cl)cn12)c1ccccc1. The molecule has 0 aliphatic carbocycles. The van der Waals surface area contributed by atoms with Gasteiger partial charge in [-0.15, -0.1) is 0 Å². The van der Waals surface area contributed by atoms with Gasteiger partial charge in [-0.25, -0.2) is 4.98 Å². The van der Waals surface area contributed by atoms with E-state index in [9.17, 15) is 4.79 Å². The average Bonchev–Trinajstić information content (AvgIpc) is 3.07. The molecule has 4 rings (SSSR count). The van der Waals surface area contributed by atoms with E-state index < -0.39 is 0 Å². The number of benzene rings is 2. The minimum atomic E-state index is -0.0793. The highest BCUT2D eigenvalue weighted by Crippen LogP contribution is 2.31. The highest BCUT2D eigenvalue weighted by Gasteiger charge is 2.21. The lowest BCUT2D eigenvalue weighted by molar-refractivity contribution is -0.117. The Morgan fingerprint density at radius 3 is 2.38 bits per heavy atom. The zero-order chi connectivity index (χ0) is 20.5. The molecule has 4 nitrogen and oxygen atoms in total. The van der Waals surface area contributed by atoms with Gasteiger partial charge >= 0.3 is 0 Å². The average molecular weight is 444 g/mol. The molecule has 0 aliphatic rings. The van der Waals surface area contributed by atoms with Crippen molar-refractivity contribution in [1.82, 2.24) is 9.38 Å². The third-order valence-electron chi connectivity index (χ3n) is 4.69. The normalized spacial score (nSPS) is 11.0. The van der Waals surface area contributed by atoms with Gasteiger partial charge in [0.25, 0.3) is 0 Å². The minimum Gasteiger partial charge on any atom is -0.315 e. The Labute approximate surface area is 183 Å². The molecule has 4 aromatic rings. The first-order chi connectivity index (χ1) is 13.9. The Morgan fingerprint density at radius 2 is 1.69 bits per heavy atom. The van der Waals surface area contributed by atoms with Crippen LogP contribution >= 0.6 is 34.8 Å². The van der Waals surface area contributed by atoms with Crippen molar-refractivity contribution < 1.29 is 4.79 Å². The maximum absolute atomic E-state index is 13.1. The Bertz CT molecular complexity index is 1190. The Kier molecular flexibility index (Phi) is 5.50. The topological polar surface area (TPSA) is 37.6 Å². The summed E-state index contributed by atoms with van der Waals surface area (Å²) in [6.45, 7) is 0. The number of para-hydroxylation sites is 1. The van der Waals surface area contributed by atoms with E-state index in [2.05, 4.69) is 0 Å². The molecule has 0 aliphatic heterocycles. The van der Waals surface area contributed by atoms with E-state index >= 15 is 0 Å². The lowest BCUT2D eigenvalue weighted by Crippen LogP contribution is -2.28. The van der Waals surface area contributed by atoms with E-state index in [1.54, 1.807) is 40.7 Å². The molecule has 0 unspecified atom stereocenters. The van der Waals surface area contributed by atoms with Gasteiger partial charge in [0.2, 0.25) is 5.91 Å². The first-order valence-corrected chi connectivity index (χ1v) is 10.0. The van der Waals surface area contributed by atoms with Crippen molar-refractivity contribution in [2.75, 3.05) is 11.9 Å². The van der Waals surface area contributed by atoms with Crippen molar-refractivity contribution in [3.8, 4) is 11.3 Å². The van der Waals surface area contributed by atoms with Gasteiger partial charge in [-0.2, -0.15) is 0 Å². The van der Waals surface area contributed by atoms with Crippen LogP contribution in [0.4, 0.5) is 5.69 Å². The van der Waals surface area contributed by atoms with E-state index in [4.69, 9.17) is 39.8 Å². The van der Waals surface area contributed by atoms with Crippen molar-refractivity contribution >= 4 is 52.0 Å². The third-order valence-corrected chi connectivity index (χ3v) is 5.43. The molecular weight excluding hydrogens is 428 g/mol.